The van der Waals surface area contributed by atoms with E-state index in [0.717, 1.165) is 0 Å². The van der Waals surface area contributed by atoms with Crippen LogP contribution in [0.5, 0.6) is 0 Å². The Hall–Kier alpha value is -4.63. The molecule has 3 fully saturated rings. The predicted molar refractivity (Wildman–Crippen MR) is 207 cm³/mol. The standard InChI is InChI=1S/C44H55NO13/c1-24-29(55-34(48)19-28(26-15-11-9-12-16-26)45-39(52)58-40(3,4)5)22-44(53)33(56-38(51)27-17-13-10-14-18-27)20-30-42(8,37(50)36(49)35(24)41(44,6)7)31(47)21-32-43(30,23-54-32)57-25(2)46/h9-18,28-33,36,47,49,53H,19-23H2,1-8H3,(H,45,52)/t28-,29+,30+,31+,32-,33+,36-,42+,43-,44-/m1/s1. The van der Waals surface area contributed by atoms with E-state index >= 15 is 0 Å². The molecular weight excluding hydrogens is 750 g/mol. The molecule has 1 amide bonds. The number of carbonyl (C=O) groups is 5. The number of alkyl carbamates (subject to hydrolysis) is 1. The minimum absolute atomic E-state index is 0.0268. The van der Waals surface area contributed by atoms with Crippen LogP contribution in [0.2, 0.25) is 0 Å². The predicted octanol–water partition coefficient (Wildman–Crippen LogP) is 4.68. The summed E-state index contributed by atoms with van der Waals surface area (Å²) in [6, 6.07) is 16.0. The van der Waals surface area contributed by atoms with Crippen LogP contribution in [-0.4, -0.2) is 99.0 Å². The zero-order chi connectivity index (χ0) is 42.6. The van der Waals surface area contributed by atoms with E-state index in [-0.39, 0.29) is 49.0 Å². The molecule has 6 rings (SSSR count). The Morgan fingerprint density at radius 3 is 2.14 bits per heavy atom. The largest absolute Gasteiger partial charge is 0.458 e. The van der Waals surface area contributed by atoms with Gasteiger partial charge in [-0.25, -0.2) is 9.59 Å². The summed E-state index contributed by atoms with van der Waals surface area (Å²) in [5, 5.41) is 40.1. The van der Waals surface area contributed by atoms with Gasteiger partial charge in [0, 0.05) is 31.1 Å². The fourth-order valence-corrected chi connectivity index (χ4v) is 9.68. The lowest BCUT2D eigenvalue weighted by atomic mass is 9.52. The minimum atomic E-state index is -2.16. The number of rotatable bonds is 8. The molecule has 0 radical (unpaired) electrons. The van der Waals surface area contributed by atoms with E-state index in [9.17, 15) is 39.3 Å². The summed E-state index contributed by atoms with van der Waals surface area (Å²) >= 11 is 0. The third-order valence-electron chi connectivity index (χ3n) is 12.8. The van der Waals surface area contributed by atoms with E-state index in [1.165, 1.54) is 13.8 Å². The molecule has 10 atom stereocenters. The molecule has 2 aromatic carbocycles. The Morgan fingerprint density at radius 2 is 1.57 bits per heavy atom. The molecule has 1 saturated heterocycles. The topological polar surface area (TPSA) is 204 Å². The van der Waals surface area contributed by atoms with Crippen LogP contribution < -0.4 is 5.32 Å². The van der Waals surface area contributed by atoms with Gasteiger partial charge in [0.15, 0.2) is 11.4 Å². The summed E-state index contributed by atoms with van der Waals surface area (Å²) in [6.45, 7) is 12.5. The molecule has 314 valence electrons. The van der Waals surface area contributed by atoms with Crippen molar-refractivity contribution in [3.63, 3.8) is 0 Å². The van der Waals surface area contributed by atoms with E-state index in [0.29, 0.717) is 5.56 Å². The number of carbonyl (C=O) groups excluding carboxylic acids is 5. The smallest absolute Gasteiger partial charge is 0.408 e. The van der Waals surface area contributed by atoms with Crippen molar-refractivity contribution in [3.05, 3.63) is 82.9 Å². The Morgan fingerprint density at radius 1 is 0.948 bits per heavy atom. The second-order valence-electron chi connectivity index (χ2n) is 17.8. The average molecular weight is 806 g/mol. The number of ether oxygens (including phenoxy) is 5. The third-order valence-corrected chi connectivity index (χ3v) is 12.8. The van der Waals surface area contributed by atoms with E-state index in [2.05, 4.69) is 5.32 Å². The molecule has 58 heavy (non-hydrogen) atoms. The minimum Gasteiger partial charge on any atom is -0.458 e. The van der Waals surface area contributed by atoms with Gasteiger partial charge >= 0.3 is 24.0 Å². The number of ketones is 1. The number of amides is 1. The maximum Gasteiger partial charge on any atom is 0.408 e. The second kappa shape index (κ2) is 15.5. The molecule has 2 bridgehead atoms. The van der Waals surface area contributed by atoms with E-state index in [4.69, 9.17) is 23.7 Å². The molecule has 0 unspecified atom stereocenters. The van der Waals surface area contributed by atoms with Crippen molar-refractivity contribution in [2.45, 2.75) is 134 Å². The lowest BCUT2D eigenvalue weighted by molar-refractivity contribution is -0.323. The van der Waals surface area contributed by atoms with Crippen LogP contribution in [0.1, 0.15) is 103 Å². The van der Waals surface area contributed by atoms with Gasteiger partial charge in [-0.05, 0) is 69.9 Å². The lowest BCUT2D eigenvalue weighted by Crippen LogP contribution is -2.75. The highest BCUT2D eigenvalue weighted by molar-refractivity contribution is 5.93. The van der Waals surface area contributed by atoms with Crippen molar-refractivity contribution in [1.82, 2.24) is 5.32 Å². The number of aliphatic hydroxyl groups is 3. The monoisotopic (exact) mass is 805 g/mol. The van der Waals surface area contributed by atoms with Crippen LogP contribution in [-0.2, 0) is 38.1 Å². The van der Waals surface area contributed by atoms with Gasteiger partial charge in [-0.15, -0.1) is 0 Å². The molecule has 1 aliphatic heterocycles. The van der Waals surface area contributed by atoms with Crippen molar-refractivity contribution >= 4 is 29.8 Å². The summed E-state index contributed by atoms with van der Waals surface area (Å²) in [4.78, 5) is 68.6. The van der Waals surface area contributed by atoms with Crippen LogP contribution in [0, 0.1) is 16.7 Å². The zero-order valence-corrected chi connectivity index (χ0v) is 34.3. The molecule has 0 aromatic heterocycles. The first-order valence-corrected chi connectivity index (χ1v) is 19.7. The van der Waals surface area contributed by atoms with Gasteiger partial charge in [-0.1, -0.05) is 62.4 Å². The van der Waals surface area contributed by atoms with Crippen molar-refractivity contribution in [2.24, 2.45) is 16.7 Å². The maximum absolute atomic E-state index is 15.0. The summed E-state index contributed by atoms with van der Waals surface area (Å²) in [5.41, 5.74) is -6.73. The number of fused-ring (bicyclic) bond motifs is 5. The van der Waals surface area contributed by atoms with Crippen LogP contribution in [0.4, 0.5) is 4.79 Å². The molecule has 0 spiro atoms. The van der Waals surface area contributed by atoms with Crippen LogP contribution in [0.15, 0.2) is 71.8 Å². The molecule has 4 aliphatic rings. The van der Waals surface area contributed by atoms with Gasteiger partial charge < -0.3 is 44.3 Å². The maximum atomic E-state index is 15.0. The van der Waals surface area contributed by atoms with Crippen LogP contribution in [0.25, 0.3) is 0 Å². The van der Waals surface area contributed by atoms with Gasteiger partial charge in [-0.2, -0.15) is 0 Å². The molecule has 4 N–H and O–H groups in total. The molecule has 2 aromatic rings. The highest BCUT2D eigenvalue weighted by Gasteiger charge is 2.73. The molecule has 2 saturated carbocycles. The first-order chi connectivity index (χ1) is 27.0. The quantitative estimate of drug-likeness (QED) is 0.163. The summed E-state index contributed by atoms with van der Waals surface area (Å²) in [7, 11) is 0. The van der Waals surface area contributed by atoms with Gasteiger partial charge in [0.25, 0.3) is 0 Å². The Balaban J connectivity index is 1.45. The van der Waals surface area contributed by atoms with Crippen molar-refractivity contribution < 1.29 is 63.0 Å². The normalized spacial score (nSPS) is 33.3. The lowest BCUT2D eigenvalue weighted by Gasteiger charge is -2.62. The number of esters is 3. The molecule has 14 nitrogen and oxygen atoms in total. The van der Waals surface area contributed by atoms with E-state index in [1.54, 1.807) is 102 Å². The third kappa shape index (κ3) is 7.55. The fourth-order valence-electron chi connectivity index (χ4n) is 9.68. The number of benzene rings is 2. The first kappa shape index (κ1) is 43.0. The van der Waals surface area contributed by atoms with Gasteiger partial charge in [0.05, 0.1) is 36.2 Å². The molecule has 14 heteroatoms. The van der Waals surface area contributed by atoms with E-state index < -0.39 is 99.9 Å². The summed E-state index contributed by atoms with van der Waals surface area (Å²) in [5.74, 6) is -4.20. The Bertz CT molecular complexity index is 1960. The summed E-state index contributed by atoms with van der Waals surface area (Å²) in [6.07, 6.45) is -8.84. The molecular formula is C44H55NO13. The zero-order valence-electron chi connectivity index (χ0n) is 34.3. The van der Waals surface area contributed by atoms with E-state index in [1.807, 2.05) is 0 Å². The van der Waals surface area contributed by atoms with Crippen LogP contribution >= 0.6 is 0 Å². The second-order valence-corrected chi connectivity index (χ2v) is 17.8. The average Bonchev–Trinajstić information content (AvgIpc) is 3.14. The van der Waals surface area contributed by atoms with Crippen molar-refractivity contribution in [2.75, 3.05) is 6.61 Å². The number of hydrogen-bond donors (Lipinski definition) is 4. The van der Waals surface area contributed by atoms with Crippen molar-refractivity contribution in [3.8, 4) is 0 Å². The SMILES string of the molecule is CC(=O)O[C@@]12CO[C@@H]1C[C@H](O)[C@@]1(C)C(=O)[C@H](O)C3=C(C)[C@@H](OC(=O)C[C@@H](NC(=O)OC(C)(C)C)c4ccccc4)C[C@@](O)([C@@H](OC(=O)c4ccccc4)C[C@H]21)C3(C)C. The van der Waals surface area contributed by atoms with Gasteiger partial charge in [0.1, 0.15) is 35.6 Å². The van der Waals surface area contributed by atoms with Gasteiger partial charge in [-0.3, -0.25) is 14.4 Å². The highest BCUT2D eigenvalue weighted by atomic mass is 16.6. The number of Topliss-reactive ketones (excluding diaryl/α,β-unsaturated/α-hetero) is 1. The first-order valence-electron chi connectivity index (χ1n) is 19.7. The van der Waals surface area contributed by atoms with Gasteiger partial charge in [0.2, 0.25) is 0 Å². The Labute approximate surface area is 338 Å². The molecule has 3 aliphatic carbocycles. The Kier molecular flexibility index (Phi) is 11.5. The highest BCUT2D eigenvalue weighted by Crippen LogP contribution is 2.61. The van der Waals surface area contributed by atoms with Crippen molar-refractivity contribution in [1.29, 1.82) is 0 Å². The van der Waals surface area contributed by atoms with Crippen LogP contribution in [0.3, 0.4) is 0 Å². The molecule has 1 heterocycles. The number of aliphatic hydroxyl groups excluding tert-OH is 2. The fraction of sp³-hybridized carbons (Fsp3) is 0.568. The summed E-state index contributed by atoms with van der Waals surface area (Å²) < 4.78 is 29.7. The number of nitrogens with one attached hydrogen (secondary N) is 1. The number of hydrogen-bond acceptors (Lipinski definition) is 13.